The molecule has 0 saturated heterocycles. The molecule has 49 heavy (non-hydrogen) atoms. The van der Waals surface area contributed by atoms with Gasteiger partial charge in [-0.15, -0.1) is 0 Å². The molecule has 8 bridgehead atoms. The predicted octanol–water partition coefficient (Wildman–Crippen LogP) is 10.9. The summed E-state index contributed by atoms with van der Waals surface area (Å²) < 4.78 is 0. The van der Waals surface area contributed by atoms with E-state index in [1.807, 2.05) is 36.4 Å². The van der Waals surface area contributed by atoms with Crippen molar-refractivity contribution in [3.63, 3.8) is 0 Å². The Morgan fingerprint density at radius 3 is 1.06 bits per heavy atom. The summed E-state index contributed by atoms with van der Waals surface area (Å²) >= 11 is 0. The van der Waals surface area contributed by atoms with Gasteiger partial charge in [-0.25, -0.2) is 9.97 Å². The summed E-state index contributed by atoms with van der Waals surface area (Å²) in [5.74, 6) is 0. The number of hydrogen-bond donors (Lipinski definition) is 3. The largest absolute Gasteiger partial charge is 0.399 e. The second kappa shape index (κ2) is 11.8. The first kappa shape index (κ1) is 28.5. The molecule has 5 nitrogen and oxygen atoms in total. The standard InChI is InChI=1S/C44H31N5/c45-32-18-16-31(17-19-32)44-39-26-24-37(48-39)42(29-12-6-2-7-13-29)35-22-20-33(46-35)41(28-10-4-1-5-11-28)34-21-23-36(47-34)43(30-14-8-3-9-15-30)38-25-27-40(44)49-38/h1-27,46-47H,45H2. The fourth-order valence-electron chi connectivity index (χ4n) is 6.88. The van der Waals surface area contributed by atoms with Gasteiger partial charge in [-0.05, 0) is 83.0 Å². The topological polar surface area (TPSA) is 83.4 Å². The molecule has 7 aromatic rings. The minimum atomic E-state index is 0.709. The minimum absolute atomic E-state index is 0.709. The van der Waals surface area contributed by atoms with Crippen LogP contribution < -0.4 is 5.73 Å². The van der Waals surface area contributed by atoms with Crippen LogP contribution in [-0.4, -0.2) is 19.9 Å². The van der Waals surface area contributed by atoms with Crippen LogP contribution in [0.1, 0.15) is 22.8 Å². The number of hydrogen-bond acceptors (Lipinski definition) is 3. The lowest BCUT2D eigenvalue weighted by atomic mass is 10.0. The lowest BCUT2D eigenvalue weighted by molar-refractivity contribution is 1.28. The van der Waals surface area contributed by atoms with Gasteiger partial charge >= 0.3 is 0 Å². The number of nitrogens with zero attached hydrogens (tertiary/aromatic N) is 2. The number of nitrogen functional groups attached to an aromatic ring is 1. The fraction of sp³-hybridized carbons (Fsp3) is 0. The average molecular weight is 630 g/mol. The summed E-state index contributed by atoms with van der Waals surface area (Å²) in [4.78, 5) is 18.3. The van der Waals surface area contributed by atoms with Crippen LogP contribution in [0.5, 0.6) is 0 Å². The van der Waals surface area contributed by atoms with Crippen molar-refractivity contribution in [3.05, 3.63) is 162 Å². The molecule has 5 heterocycles. The Kier molecular flexibility index (Phi) is 6.87. The molecule has 0 saturated carbocycles. The highest BCUT2D eigenvalue weighted by Gasteiger charge is 2.19. The Hall–Kier alpha value is -6.72. The second-order valence-corrected chi connectivity index (χ2v) is 12.2. The Balaban J connectivity index is 1.48. The van der Waals surface area contributed by atoms with Crippen molar-refractivity contribution in [1.29, 1.82) is 0 Å². The third kappa shape index (κ3) is 5.14. The number of nitrogens with one attached hydrogen (secondary N) is 2. The van der Waals surface area contributed by atoms with E-state index in [9.17, 15) is 0 Å². The van der Waals surface area contributed by atoms with Gasteiger partial charge in [0.05, 0.1) is 22.8 Å². The number of aromatic nitrogens is 4. The highest BCUT2D eigenvalue weighted by atomic mass is 14.8. The monoisotopic (exact) mass is 629 g/mol. The molecule has 3 aromatic heterocycles. The molecule has 0 radical (unpaired) electrons. The molecule has 0 unspecified atom stereocenters. The number of rotatable bonds is 4. The van der Waals surface area contributed by atoms with Gasteiger partial charge in [0.1, 0.15) is 0 Å². The van der Waals surface area contributed by atoms with E-state index < -0.39 is 0 Å². The van der Waals surface area contributed by atoms with Crippen molar-refractivity contribution in [2.24, 2.45) is 0 Å². The van der Waals surface area contributed by atoms with Gasteiger partial charge in [0.25, 0.3) is 0 Å². The summed E-state index contributed by atoms with van der Waals surface area (Å²) in [6.07, 6.45) is 8.41. The summed E-state index contributed by atoms with van der Waals surface area (Å²) in [6.45, 7) is 0. The van der Waals surface area contributed by atoms with Crippen molar-refractivity contribution in [2.75, 3.05) is 5.73 Å². The van der Waals surface area contributed by atoms with Crippen molar-refractivity contribution in [2.45, 2.75) is 0 Å². The number of anilines is 1. The Labute approximate surface area is 283 Å². The first-order valence-electron chi connectivity index (χ1n) is 16.4. The minimum Gasteiger partial charge on any atom is -0.399 e. The zero-order chi connectivity index (χ0) is 32.7. The molecule has 9 rings (SSSR count). The number of benzene rings is 4. The SMILES string of the molecule is Nc1ccc(-c2c3nc(c(-c4ccccc4)c4ccc([nH]4)c(-c4ccccc4)c4ccc([nH]4)c(-c4ccccc4)c4nc2C=C4)C=C3)cc1. The second-order valence-electron chi connectivity index (χ2n) is 12.2. The van der Waals surface area contributed by atoms with Crippen molar-refractivity contribution >= 4 is 52.1 Å². The maximum absolute atomic E-state index is 6.14. The highest BCUT2D eigenvalue weighted by molar-refractivity contribution is 6.00. The molecule has 4 N–H and O–H groups in total. The van der Waals surface area contributed by atoms with E-state index in [-0.39, 0.29) is 0 Å². The molecule has 5 heteroatoms. The maximum atomic E-state index is 6.14. The molecule has 4 aromatic carbocycles. The van der Waals surface area contributed by atoms with Gasteiger partial charge in [-0.3, -0.25) is 0 Å². The average Bonchev–Trinajstić information content (AvgIpc) is 3.98. The van der Waals surface area contributed by atoms with Crippen LogP contribution in [0.2, 0.25) is 0 Å². The zero-order valence-electron chi connectivity index (χ0n) is 26.6. The Morgan fingerprint density at radius 2 is 0.653 bits per heavy atom. The summed E-state index contributed by atoms with van der Waals surface area (Å²) in [5, 5.41) is 0. The highest BCUT2D eigenvalue weighted by Crippen LogP contribution is 2.38. The molecule has 0 aliphatic carbocycles. The molecular formula is C44H31N5. The third-order valence-electron chi connectivity index (χ3n) is 9.14. The van der Waals surface area contributed by atoms with E-state index in [4.69, 9.17) is 15.7 Å². The van der Waals surface area contributed by atoms with Crippen LogP contribution >= 0.6 is 0 Å². The molecule has 232 valence electrons. The quantitative estimate of drug-likeness (QED) is 0.169. The normalized spacial score (nSPS) is 12.0. The first-order chi connectivity index (χ1) is 24.2. The van der Waals surface area contributed by atoms with Gasteiger partial charge in [0.15, 0.2) is 0 Å². The zero-order valence-corrected chi connectivity index (χ0v) is 26.6. The van der Waals surface area contributed by atoms with E-state index in [0.717, 1.165) is 89.4 Å². The van der Waals surface area contributed by atoms with Crippen LogP contribution in [0.3, 0.4) is 0 Å². The Bertz CT molecular complexity index is 2440. The first-order valence-corrected chi connectivity index (χ1v) is 16.4. The number of fused-ring (bicyclic) bond motifs is 8. The lowest BCUT2D eigenvalue weighted by Gasteiger charge is -2.07. The number of aromatic amines is 2. The molecule has 2 aliphatic heterocycles. The molecule has 0 amide bonds. The van der Waals surface area contributed by atoms with E-state index in [2.05, 4.69) is 137 Å². The third-order valence-corrected chi connectivity index (χ3v) is 9.14. The molecule has 0 spiro atoms. The molecule has 0 fully saturated rings. The molecule has 0 atom stereocenters. The van der Waals surface area contributed by atoms with E-state index in [1.54, 1.807) is 0 Å². The van der Waals surface area contributed by atoms with Crippen molar-refractivity contribution in [1.82, 2.24) is 19.9 Å². The van der Waals surface area contributed by atoms with Crippen LogP contribution in [0.25, 0.3) is 90.9 Å². The van der Waals surface area contributed by atoms with Gasteiger partial charge in [0.2, 0.25) is 0 Å². The molecule has 2 aliphatic rings. The lowest BCUT2D eigenvalue weighted by Crippen LogP contribution is -1.92. The van der Waals surface area contributed by atoms with Gasteiger partial charge in [-0.1, -0.05) is 103 Å². The maximum Gasteiger partial charge on any atom is 0.0738 e. The van der Waals surface area contributed by atoms with Crippen LogP contribution in [0.15, 0.2) is 140 Å². The van der Waals surface area contributed by atoms with E-state index in [0.29, 0.717) is 5.69 Å². The molecular weight excluding hydrogens is 599 g/mol. The van der Waals surface area contributed by atoms with Gasteiger partial charge < -0.3 is 15.7 Å². The van der Waals surface area contributed by atoms with E-state index >= 15 is 0 Å². The fourth-order valence-corrected chi connectivity index (χ4v) is 6.88. The van der Waals surface area contributed by atoms with Crippen molar-refractivity contribution in [3.8, 4) is 44.5 Å². The summed E-state index contributed by atoms with van der Waals surface area (Å²) in [7, 11) is 0. The smallest absolute Gasteiger partial charge is 0.0738 e. The van der Waals surface area contributed by atoms with Gasteiger partial charge in [-0.2, -0.15) is 0 Å². The number of nitrogens with two attached hydrogens (primary N) is 1. The summed E-state index contributed by atoms with van der Waals surface area (Å²) in [6, 6.07) is 48.0. The van der Waals surface area contributed by atoms with Crippen molar-refractivity contribution < 1.29 is 0 Å². The van der Waals surface area contributed by atoms with Crippen LogP contribution in [0, 0.1) is 0 Å². The van der Waals surface area contributed by atoms with Crippen LogP contribution in [0.4, 0.5) is 5.69 Å². The van der Waals surface area contributed by atoms with E-state index in [1.165, 1.54) is 0 Å². The Morgan fingerprint density at radius 1 is 0.327 bits per heavy atom. The van der Waals surface area contributed by atoms with Gasteiger partial charge in [0, 0.05) is 50.0 Å². The van der Waals surface area contributed by atoms with Crippen LogP contribution in [-0.2, 0) is 0 Å². The predicted molar refractivity (Wildman–Crippen MR) is 205 cm³/mol. The summed E-state index contributed by atoms with van der Waals surface area (Å²) in [5.41, 5.74) is 22.6. The number of H-pyrrole nitrogens is 2.